The van der Waals surface area contributed by atoms with Crippen molar-refractivity contribution in [1.29, 1.82) is 0 Å². The van der Waals surface area contributed by atoms with Crippen molar-refractivity contribution in [3.63, 3.8) is 0 Å². The molecular formula is C17H14FNO. The molecule has 2 nitrogen and oxygen atoms in total. The largest absolute Gasteiger partial charge is 0.323 e. The van der Waals surface area contributed by atoms with E-state index in [2.05, 4.69) is 5.32 Å². The number of aryl methyl sites for hydroxylation is 1. The fourth-order valence-corrected chi connectivity index (χ4v) is 2.48. The maximum Gasteiger partial charge on any atom is 0.248 e. The highest BCUT2D eigenvalue weighted by Crippen LogP contribution is 2.32. The highest BCUT2D eigenvalue weighted by Gasteiger charge is 2.17. The molecule has 3 heteroatoms. The van der Waals surface area contributed by atoms with Crippen LogP contribution in [-0.2, 0) is 11.2 Å². The molecule has 1 N–H and O–H groups in total. The van der Waals surface area contributed by atoms with E-state index in [1.807, 2.05) is 30.3 Å². The molecule has 0 aliphatic heterocycles. The Kier molecular flexibility index (Phi) is 3.33. The van der Waals surface area contributed by atoms with E-state index in [9.17, 15) is 9.18 Å². The van der Waals surface area contributed by atoms with E-state index in [4.69, 9.17) is 0 Å². The van der Waals surface area contributed by atoms with Crippen molar-refractivity contribution in [2.75, 3.05) is 5.32 Å². The molecule has 0 bridgehead atoms. The van der Waals surface area contributed by atoms with Crippen LogP contribution in [0.5, 0.6) is 0 Å². The molecule has 0 fully saturated rings. The van der Waals surface area contributed by atoms with Gasteiger partial charge in [0.05, 0.1) is 0 Å². The third-order valence-electron chi connectivity index (χ3n) is 3.43. The SMILES string of the molecule is O=C(C=C1CCc2ccc(F)cc21)Nc1ccccc1. The van der Waals surface area contributed by atoms with Crippen molar-refractivity contribution >= 4 is 17.2 Å². The van der Waals surface area contributed by atoms with Crippen LogP contribution in [0, 0.1) is 5.82 Å². The number of benzene rings is 2. The molecule has 2 aromatic rings. The summed E-state index contributed by atoms with van der Waals surface area (Å²) in [7, 11) is 0. The van der Waals surface area contributed by atoms with Crippen molar-refractivity contribution in [1.82, 2.24) is 0 Å². The Morgan fingerprint density at radius 2 is 1.90 bits per heavy atom. The second-order valence-electron chi connectivity index (χ2n) is 4.83. The van der Waals surface area contributed by atoms with E-state index in [1.165, 1.54) is 12.1 Å². The minimum absolute atomic E-state index is 0.177. The summed E-state index contributed by atoms with van der Waals surface area (Å²) >= 11 is 0. The number of amides is 1. The minimum atomic E-state index is -0.264. The highest BCUT2D eigenvalue weighted by atomic mass is 19.1. The van der Waals surface area contributed by atoms with Crippen LogP contribution < -0.4 is 5.32 Å². The average Bonchev–Trinajstić information content (AvgIpc) is 2.82. The Hall–Kier alpha value is -2.42. The Morgan fingerprint density at radius 1 is 1.10 bits per heavy atom. The molecule has 1 amide bonds. The second kappa shape index (κ2) is 5.29. The third kappa shape index (κ3) is 2.62. The molecule has 0 unspecified atom stereocenters. The third-order valence-corrected chi connectivity index (χ3v) is 3.43. The monoisotopic (exact) mass is 267 g/mol. The predicted octanol–water partition coefficient (Wildman–Crippen LogP) is 3.79. The molecule has 0 saturated heterocycles. The Morgan fingerprint density at radius 3 is 2.70 bits per heavy atom. The zero-order valence-electron chi connectivity index (χ0n) is 10.9. The number of halogens is 1. The first-order valence-electron chi connectivity index (χ1n) is 6.58. The van der Waals surface area contributed by atoms with Crippen molar-refractivity contribution in [2.45, 2.75) is 12.8 Å². The number of para-hydroxylation sites is 1. The minimum Gasteiger partial charge on any atom is -0.323 e. The summed E-state index contributed by atoms with van der Waals surface area (Å²) in [5.41, 5.74) is 3.61. The highest BCUT2D eigenvalue weighted by molar-refractivity contribution is 6.04. The predicted molar refractivity (Wildman–Crippen MR) is 77.8 cm³/mol. The van der Waals surface area contributed by atoms with Crippen molar-refractivity contribution < 1.29 is 9.18 Å². The van der Waals surface area contributed by atoms with Gasteiger partial charge in [0.25, 0.3) is 0 Å². The Bertz CT molecular complexity index is 677. The number of anilines is 1. The summed E-state index contributed by atoms with van der Waals surface area (Å²) in [4.78, 5) is 12.0. The lowest BCUT2D eigenvalue weighted by molar-refractivity contribution is -0.111. The fourth-order valence-electron chi connectivity index (χ4n) is 2.48. The van der Waals surface area contributed by atoms with Gasteiger partial charge >= 0.3 is 0 Å². The van der Waals surface area contributed by atoms with Gasteiger partial charge in [-0.05, 0) is 53.8 Å². The first-order chi connectivity index (χ1) is 9.72. The van der Waals surface area contributed by atoms with E-state index in [0.29, 0.717) is 0 Å². The molecule has 0 spiro atoms. The van der Waals surface area contributed by atoms with E-state index in [1.54, 1.807) is 12.1 Å². The quantitative estimate of drug-likeness (QED) is 0.824. The summed E-state index contributed by atoms with van der Waals surface area (Å²) in [5, 5.41) is 2.81. The van der Waals surface area contributed by atoms with Crippen LogP contribution in [0.15, 0.2) is 54.6 Å². The summed E-state index contributed by atoms with van der Waals surface area (Å²) in [5.74, 6) is -0.441. The van der Waals surface area contributed by atoms with Gasteiger partial charge < -0.3 is 5.32 Å². The number of carbonyl (C=O) groups excluding carboxylic acids is 1. The molecular weight excluding hydrogens is 253 g/mol. The van der Waals surface area contributed by atoms with Gasteiger partial charge in [-0.3, -0.25) is 4.79 Å². The molecule has 1 aliphatic carbocycles. The lowest BCUT2D eigenvalue weighted by Crippen LogP contribution is -2.08. The van der Waals surface area contributed by atoms with Crippen molar-refractivity contribution in [3.8, 4) is 0 Å². The van der Waals surface area contributed by atoms with Crippen LogP contribution >= 0.6 is 0 Å². The van der Waals surface area contributed by atoms with Crippen LogP contribution in [0.3, 0.4) is 0 Å². The van der Waals surface area contributed by atoms with Gasteiger partial charge in [-0.1, -0.05) is 24.3 Å². The fraction of sp³-hybridized carbons (Fsp3) is 0.118. The average molecular weight is 267 g/mol. The Balaban J connectivity index is 1.81. The van der Waals surface area contributed by atoms with Crippen LogP contribution in [0.1, 0.15) is 17.5 Å². The molecule has 1 aliphatic rings. The van der Waals surface area contributed by atoms with Crippen molar-refractivity contribution in [3.05, 3.63) is 71.6 Å². The molecule has 2 aromatic carbocycles. The van der Waals surface area contributed by atoms with Crippen LogP contribution in [0.25, 0.3) is 5.57 Å². The lowest BCUT2D eigenvalue weighted by Gasteiger charge is -2.04. The zero-order valence-corrected chi connectivity index (χ0v) is 10.9. The molecule has 0 aromatic heterocycles. The van der Waals surface area contributed by atoms with Crippen LogP contribution in [-0.4, -0.2) is 5.91 Å². The topological polar surface area (TPSA) is 29.1 Å². The van der Waals surface area contributed by atoms with Gasteiger partial charge in [-0.2, -0.15) is 0 Å². The molecule has 0 saturated carbocycles. The molecule has 0 atom stereocenters. The number of fused-ring (bicyclic) bond motifs is 1. The van der Waals surface area contributed by atoms with E-state index in [-0.39, 0.29) is 11.7 Å². The van der Waals surface area contributed by atoms with Gasteiger partial charge in [0.1, 0.15) is 5.82 Å². The van der Waals surface area contributed by atoms with E-state index in [0.717, 1.165) is 35.2 Å². The number of hydrogen-bond acceptors (Lipinski definition) is 1. The summed E-state index contributed by atoms with van der Waals surface area (Å²) in [6.07, 6.45) is 3.21. The van der Waals surface area contributed by atoms with Crippen LogP contribution in [0.2, 0.25) is 0 Å². The number of hydrogen-bond donors (Lipinski definition) is 1. The van der Waals surface area contributed by atoms with Gasteiger partial charge in [-0.25, -0.2) is 4.39 Å². The van der Waals surface area contributed by atoms with Gasteiger partial charge in [0.15, 0.2) is 0 Å². The zero-order chi connectivity index (χ0) is 13.9. The van der Waals surface area contributed by atoms with Gasteiger partial charge in [0.2, 0.25) is 5.91 Å². The van der Waals surface area contributed by atoms with Crippen molar-refractivity contribution in [2.24, 2.45) is 0 Å². The van der Waals surface area contributed by atoms with E-state index >= 15 is 0 Å². The number of nitrogens with one attached hydrogen (secondary N) is 1. The maximum atomic E-state index is 13.3. The van der Waals surface area contributed by atoms with Crippen LogP contribution in [0.4, 0.5) is 10.1 Å². The number of rotatable bonds is 2. The summed E-state index contributed by atoms with van der Waals surface area (Å²) in [6, 6.07) is 14.0. The second-order valence-corrected chi connectivity index (χ2v) is 4.83. The molecule has 100 valence electrons. The normalized spacial score (nSPS) is 15.2. The van der Waals surface area contributed by atoms with Gasteiger partial charge in [-0.15, -0.1) is 0 Å². The van der Waals surface area contributed by atoms with E-state index < -0.39 is 0 Å². The first kappa shape index (κ1) is 12.6. The molecule has 0 radical (unpaired) electrons. The summed E-state index contributed by atoms with van der Waals surface area (Å²) < 4.78 is 13.3. The molecule has 3 rings (SSSR count). The lowest BCUT2D eigenvalue weighted by atomic mass is 10.1. The number of carbonyl (C=O) groups is 1. The van der Waals surface area contributed by atoms with Gasteiger partial charge in [0, 0.05) is 11.8 Å². The summed E-state index contributed by atoms with van der Waals surface area (Å²) in [6.45, 7) is 0. The smallest absolute Gasteiger partial charge is 0.248 e. The maximum absolute atomic E-state index is 13.3. The first-order valence-corrected chi connectivity index (χ1v) is 6.58. The molecule has 0 heterocycles. The Labute approximate surface area is 116 Å². The number of allylic oxidation sites excluding steroid dienone is 1. The standard InChI is InChI=1S/C17H14FNO/c18-14-9-8-12-6-7-13(16(12)11-14)10-17(20)19-15-4-2-1-3-5-15/h1-5,8-11H,6-7H2,(H,19,20). The molecule has 20 heavy (non-hydrogen) atoms.